The first-order valence-electron chi connectivity index (χ1n) is 9.10. The summed E-state index contributed by atoms with van der Waals surface area (Å²) >= 11 is 0. The molecule has 1 saturated carbocycles. The van der Waals surface area contributed by atoms with Gasteiger partial charge in [0, 0.05) is 37.7 Å². The summed E-state index contributed by atoms with van der Waals surface area (Å²) in [7, 11) is 1.58. The van der Waals surface area contributed by atoms with E-state index in [2.05, 4.69) is 5.32 Å². The van der Waals surface area contributed by atoms with Gasteiger partial charge in [-0.1, -0.05) is 6.07 Å². The number of carbonyl (C=O) groups excluding carboxylic acids is 2. The number of carbonyl (C=O) groups is 2. The highest BCUT2D eigenvalue weighted by atomic mass is 16.7. The molecule has 140 valence electrons. The number of methoxy groups -OCH3 is 1. The summed E-state index contributed by atoms with van der Waals surface area (Å²) in [6.45, 7) is 2.35. The number of benzene rings is 1. The number of anilines is 1. The summed E-state index contributed by atoms with van der Waals surface area (Å²) < 4.78 is 16.6. The summed E-state index contributed by atoms with van der Waals surface area (Å²) in [5, 5.41) is 2.87. The molecular weight excluding hydrogens is 336 g/mol. The van der Waals surface area contributed by atoms with Crippen LogP contribution in [0.2, 0.25) is 0 Å². The van der Waals surface area contributed by atoms with Crippen molar-refractivity contribution in [3.8, 4) is 5.75 Å². The number of hydrogen-bond acceptors (Lipinski definition) is 5. The van der Waals surface area contributed by atoms with E-state index in [0.717, 1.165) is 0 Å². The van der Waals surface area contributed by atoms with Gasteiger partial charge in [0.15, 0.2) is 5.79 Å². The lowest BCUT2D eigenvalue weighted by Gasteiger charge is -2.38. The van der Waals surface area contributed by atoms with Crippen molar-refractivity contribution in [1.82, 2.24) is 4.90 Å². The van der Waals surface area contributed by atoms with Crippen LogP contribution in [0.25, 0.3) is 0 Å². The summed E-state index contributed by atoms with van der Waals surface area (Å²) in [5.41, 5.74) is -0.288. The van der Waals surface area contributed by atoms with E-state index in [4.69, 9.17) is 14.2 Å². The summed E-state index contributed by atoms with van der Waals surface area (Å²) in [5.74, 6) is -0.164. The van der Waals surface area contributed by atoms with E-state index in [1.807, 2.05) is 12.1 Å². The van der Waals surface area contributed by atoms with Crippen molar-refractivity contribution in [1.29, 1.82) is 0 Å². The Labute approximate surface area is 152 Å². The Morgan fingerprint density at radius 2 is 1.81 bits per heavy atom. The van der Waals surface area contributed by atoms with E-state index in [1.54, 1.807) is 24.1 Å². The Kier molecular flexibility index (Phi) is 4.36. The molecule has 3 aliphatic rings. The molecule has 3 fully saturated rings. The van der Waals surface area contributed by atoms with E-state index < -0.39 is 11.2 Å². The van der Waals surface area contributed by atoms with Gasteiger partial charge in [-0.2, -0.15) is 0 Å². The van der Waals surface area contributed by atoms with Crippen molar-refractivity contribution in [2.75, 3.05) is 38.7 Å². The molecule has 7 nitrogen and oxygen atoms in total. The third-order valence-electron chi connectivity index (χ3n) is 5.55. The van der Waals surface area contributed by atoms with Crippen LogP contribution in [0.15, 0.2) is 24.3 Å². The quantitative estimate of drug-likeness (QED) is 0.829. The van der Waals surface area contributed by atoms with Crippen molar-refractivity contribution in [3.05, 3.63) is 24.3 Å². The number of piperidine rings is 1. The van der Waals surface area contributed by atoms with Gasteiger partial charge in [-0.15, -0.1) is 0 Å². The average molecular weight is 360 g/mol. The molecule has 0 aromatic heterocycles. The highest BCUT2D eigenvalue weighted by Gasteiger charge is 2.58. The number of ether oxygens (including phenoxy) is 3. The van der Waals surface area contributed by atoms with Crippen LogP contribution in [0, 0.1) is 5.41 Å². The number of nitrogens with one attached hydrogen (secondary N) is 1. The number of hydrogen-bond donors (Lipinski definition) is 1. The maximum absolute atomic E-state index is 13.0. The second-order valence-corrected chi connectivity index (χ2v) is 7.17. The number of nitrogens with zero attached hydrogens (tertiary/aromatic N) is 1. The van der Waals surface area contributed by atoms with E-state index in [1.165, 1.54) is 0 Å². The number of rotatable bonds is 4. The molecule has 0 radical (unpaired) electrons. The zero-order valence-electron chi connectivity index (χ0n) is 15.0. The lowest BCUT2D eigenvalue weighted by atomic mass is 9.98. The van der Waals surface area contributed by atoms with Gasteiger partial charge in [0.2, 0.25) is 11.8 Å². The predicted octanol–water partition coefficient (Wildman–Crippen LogP) is 1.78. The molecule has 1 spiro atoms. The zero-order valence-corrected chi connectivity index (χ0v) is 15.0. The first-order valence-corrected chi connectivity index (χ1v) is 9.10. The molecule has 1 aliphatic carbocycles. The van der Waals surface area contributed by atoms with Crippen molar-refractivity contribution in [2.24, 2.45) is 5.41 Å². The Hall–Kier alpha value is -2.12. The van der Waals surface area contributed by atoms with Gasteiger partial charge < -0.3 is 24.4 Å². The molecular formula is C19H24N2O5. The van der Waals surface area contributed by atoms with Gasteiger partial charge in [-0.05, 0) is 25.0 Å². The average Bonchev–Trinajstić information content (AvgIpc) is 3.37. The van der Waals surface area contributed by atoms with Crippen LogP contribution in [-0.2, 0) is 19.1 Å². The zero-order chi connectivity index (χ0) is 18.2. The van der Waals surface area contributed by atoms with Crippen LogP contribution in [-0.4, -0.2) is 55.9 Å². The van der Waals surface area contributed by atoms with Crippen LogP contribution in [0.4, 0.5) is 5.69 Å². The number of likely N-dealkylation sites (tertiary alicyclic amines) is 1. The molecule has 2 amide bonds. The molecule has 0 unspecified atom stereocenters. The van der Waals surface area contributed by atoms with Crippen LogP contribution in [0.1, 0.15) is 25.7 Å². The molecule has 1 aromatic carbocycles. The fourth-order valence-electron chi connectivity index (χ4n) is 3.75. The lowest BCUT2D eigenvalue weighted by molar-refractivity contribution is -0.188. The maximum atomic E-state index is 13.0. The minimum atomic E-state index is -0.926. The van der Waals surface area contributed by atoms with Crippen molar-refractivity contribution in [3.63, 3.8) is 0 Å². The smallest absolute Gasteiger partial charge is 0.240 e. The molecule has 26 heavy (non-hydrogen) atoms. The first kappa shape index (κ1) is 17.3. The van der Waals surface area contributed by atoms with Crippen LogP contribution < -0.4 is 10.1 Å². The van der Waals surface area contributed by atoms with Crippen molar-refractivity contribution >= 4 is 17.5 Å². The third-order valence-corrected chi connectivity index (χ3v) is 5.55. The van der Waals surface area contributed by atoms with E-state index in [-0.39, 0.29) is 11.8 Å². The fraction of sp³-hybridized carbons (Fsp3) is 0.579. The second kappa shape index (κ2) is 6.55. The SMILES string of the molecule is COc1cccc(NC(=O)C2(C(=O)N3CCC4(CC3)OCCO4)CC2)c1. The topological polar surface area (TPSA) is 77.1 Å². The summed E-state index contributed by atoms with van der Waals surface area (Å²) in [4.78, 5) is 27.6. The lowest BCUT2D eigenvalue weighted by Crippen LogP contribution is -2.51. The third kappa shape index (κ3) is 3.05. The van der Waals surface area contributed by atoms with Gasteiger partial charge in [-0.3, -0.25) is 9.59 Å². The van der Waals surface area contributed by atoms with Gasteiger partial charge in [0.1, 0.15) is 11.2 Å². The van der Waals surface area contributed by atoms with E-state index in [9.17, 15) is 9.59 Å². The molecule has 0 atom stereocenters. The van der Waals surface area contributed by atoms with Crippen LogP contribution in [0.3, 0.4) is 0 Å². The summed E-state index contributed by atoms with van der Waals surface area (Å²) in [6, 6.07) is 7.16. The highest BCUT2D eigenvalue weighted by molar-refractivity contribution is 6.13. The van der Waals surface area contributed by atoms with Crippen LogP contribution >= 0.6 is 0 Å². The molecule has 7 heteroatoms. The Morgan fingerprint density at radius 3 is 2.42 bits per heavy atom. The molecule has 2 saturated heterocycles. The van der Waals surface area contributed by atoms with Gasteiger partial charge in [0.25, 0.3) is 0 Å². The van der Waals surface area contributed by atoms with Crippen molar-refractivity contribution in [2.45, 2.75) is 31.5 Å². The second-order valence-electron chi connectivity index (χ2n) is 7.17. The minimum Gasteiger partial charge on any atom is -0.497 e. The predicted molar refractivity (Wildman–Crippen MR) is 93.7 cm³/mol. The van der Waals surface area contributed by atoms with Crippen molar-refractivity contribution < 1.29 is 23.8 Å². The monoisotopic (exact) mass is 360 g/mol. The van der Waals surface area contributed by atoms with Gasteiger partial charge in [-0.25, -0.2) is 0 Å². The maximum Gasteiger partial charge on any atom is 0.240 e. The largest absolute Gasteiger partial charge is 0.497 e. The molecule has 2 heterocycles. The highest BCUT2D eigenvalue weighted by Crippen LogP contribution is 2.49. The Morgan fingerprint density at radius 1 is 1.12 bits per heavy atom. The molecule has 0 bridgehead atoms. The Bertz CT molecular complexity index is 700. The minimum absolute atomic E-state index is 0.0780. The Balaban J connectivity index is 1.40. The summed E-state index contributed by atoms with van der Waals surface area (Å²) in [6.07, 6.45) is 2.51. The molecule has 1 aromatic rings. The number of amides is 2. The molecule has 1 N–H and O–H groups in total. The van der Waals surface area contributed by atoms with Gasteiger partial charge >= 0.3 is 0 Å². The normalized spacial score (nSPS) is 22.9. The molecule has 2 aliphatic heterocycles. The van der Waals surface area contributed by atoms with Crippen LogP contribution in [0.5, 0.6) is 5.75 Å². The fourth-order valence-corrected chi connectivity index (χ4v) is 3.75. The van der Waals surface area contributed by atoms with E-state index in [0.29, 0.717) is 63.4 Å². The molecule has 4 rings (SSSR count). The standard InChI is InChI=1S/C19H24N2O5/c1-24-15-4-2-3-14(13-15)20-16(22)18(5-6-18)17(23)21-9-7-19(8-10-21)25-11-12-26-19/h2-4,13H,5-12H2,1H3,(H,20,22). The first-order chi connectivity index (χ1) is 12.6. The van der Waals surface area contributed by atoms with Gasteiger partial charge in [0.05, 0.1) is 20.3 Å². The van der Waals surface area contributed by atoms with E-state index >= 15 is 0 Å².